The van der Waals surface area contributed by atoms with Crippen LogP contribution >= 0.6 is 0 Å². The molecule has 98 valence electrons. The Morgan fingerprint density at radius 2 is 1.53 bits per heavy atom. The maximum atomic E-state index is 5.35. The summed E-state index contributed by atoms with van der Waals surface area (Å²) in [6, 6.07) is 3.33. The molecule has 0 N–H and O–H groups in total. The van der Waals surface area contributed by atoms with Gasteiger partial charge in [-0.1, -0.05) is 18.5 Å². The third-order valence-electron chi connectivity index (χ3n) is 2.41. The molecule has 0 aromatic rings. The van der Waals surface area contributed by atoms with Crippen molar-refractivity contribution in [3.8, 4) is 0 Å². The van der Waals surface area contributed by atoms with Gasteiger partial charge in [0.1, 0.15) is 0 Å². The van der Waals surface area contributed by atoms with Crippen molar-refractivity contribution in [1.82, 2.24) is 0 Å². The minimum atomic E-state index is -2.32. The van der Waals surface area contributed by atoms with Gasteiger partial charge in [0.05, 0.1) is 0 Å². The molecular formula is C10H23O4RfSi2-. The Balaban J connectivity index is 0. The summed E-state index contributed by atoms with van der Waals surface area (Å²) in [6.45, 7) is 0.764. The Morgan fingerprint density at radius 3 is 2.00 bits per heavy atom. The zero-order valence-electron chi connectivity index (χ0n) is 11.3. The van der Waals surface area contributed by atoms with Crippen molar-refractivity contribution in [3.05, 3.63) is 7.11 Å². The Hall–Kier alpha value is -0.726. The zero-order chi connectivity index (χ0) is 12.3. The Labute approximate surface area is 103 Å². The smallest absolute Gasteiger partial charge is 0.500 e. The number of hydrogen-bond acceptors (Lipinski definition) is 4. The van der Waals surface area contributed by atoms with Crippen molar-refractivity contribution in [3.63, 3.8) is 0 Å². The third-order valence-corrected chi connectivity index (χ3v) is 6.66. The van der Waals surface area contributed by atoms with E-state index in [0.29, 0.717) is 0 Å². The van der Waals surface area contributed by atoms with Crippen LogP contribution in [0.1, 0.15) is 12.8 Å². The first-order valence-electron chi connectivity index (χ1n) is 5.48. The molecule has 0 spiro atoms. The molecule has 7 heteroatoms. The van der Waals surface area contributed by atoms with Crippen molar-refractivity contribution in [2.24, 2.45) is 0 Å². The quantitative estimate of drug-likeness (QED) is 0.233. The molecule has 0 aromatic heterocycles. The van der Waals surface area contributed by atoms with E-state index >= 15 is 0 Å². The summed E-state index contributed by atoms with van der Waals surface area (Å²) in [6.07, 6.45) is 2.20. The van der Waals surface area contributed by atoms with E-state index in [1.807, 2.05) is 0 Å². The normalized spacial score (nSPS) is 11.3. The fourth-order valence-electron chi connectivity index (χ4n) is 1.41. The van der Waals surface area contributed by atoms with Crippen LogP contribution in [-0.2, 0) is 18.0 Å². The first-order valence-corrected chi connectivity index (χ1v) is 8.82. The molecule has 4 nitrogen and oxygen atoms in total. The molecule has 0 saturated carbocycles. The van der Waals surface area contributed by atoms with E-state index < -0.39 is 8.80 Å². The van der Waals surface area contributed by atoms with Crippen LogP contribution in [0.2, 0.25) is 18.1 Å². The van der Waals surface area contributed by atoms with E-state index in [1.165, 1.54) is 12.1 Å². The summed E-state index contributed by atoms with van der Waals surface area (Å²) in [7, 11) is 6.98. The first kappa shape index (κ1) is 18.6. The molecule has 0 unspecified atom stereocenters. The second-order valence-electron chi connectivity index (χ2n) is 3.41. The van der Waals surface area contributed by atoms with Crippen LogP contribution in [0.25, 0.3) is 0 Å². The maximum Gasteiger partial charge on any atom is 0.500 e. The summed E-state index contributed by atoms with van der Waals surface area (Å²) in [5, 5.41) is 0. The molecule has 0 saturated heterocycles. The molecule has 0 aliphatic heterocycles. The zero-order valence-corrected chi connectivity index (χ0v) is 19.7. The SMILES string of the molecule is [CH2-]OCCC[Si]CCC[Si](OC)(OC)OC.[Rf]. The minimum absolute atomic E-state index is 0. The van der Waals surface area contributed by atoms with Gasteiger partial charge in [-0.15, -0.1) is 0 Å². The number of ether oxygens (including phenoxy) is 1. The second kappa shape index (κ2) is 11.8. The number of hydrogen-bond donors (Lipinski definition) is 0. The summed E-state index contributed by atoms with van der Waals surface area (Å²) in [5.74, 6) is 0. The predicted molar refractivity (Wildman–Crippen MR) is 67.5 cm³/mol. The molecule has 0 rings (SSSR count). The van der Waals surface area contributed by atoms with Gasteiger partial charge in [-0.25, -0.2) is 7.11 Å². The Morgan fingerprint density at radius 1 is 1.00 bits per heavy atom. The van der Waals surface area contributed by atoms with E-state index in [0.717, 1.165) is 35.0 Å². The van der Waals surface area contributed by atoms with Crippen molar-refractivity contribution in [1.29, 1.82) is 0 Å². The molecule has 0 fully saturated rings. The van der Waals surface area contributed by atoms with Gasteiger partial charge in [0.25, 0.3) is 0 Å². The van der Waals surface area contributed by atoms with Gasteiger partial charge in [0.15, 0.2) is 0 Å². The van der Waals surface area contributed by atoms with E-state index in [2.05, 4.69) is 7.11 Å². The van der Waals surface area contributed by atoms with Crippen molar-refractivity contribution in [2.45, 2.75) is 31.0 Å². The van der Waals surface area contributed by atoms with Crippen LogP contribution < -0.4 is 0 Å². The van der Waals surface area contributed by atoms with Crippen molar-refractivity contribution in [2.75, 3.05) is 27.9 Å². The van der Waals surface area contributed by atoms with Gasteiger partial charge in [-0.05, 0) is 6.42 Å². The molecule has 0 aromatic carbocycles. The summed E-state index contributed by atoms with van der Waals surface area (Å²) >= 11 is 0. The minimum Gasteiger partial charge on any atom is -0.555 e. The second-order valence-corrected chi connectivity index (χ2v) is 8.00. The number of rotatable bonds is 11. The van der Waals surface area contributed by atoms with Crippen LogP contribution in [0.5, 0.6) is 0 Å². The predicted octanol–water partition coefficient (Wildman–Crippen LogP) is 1.99. The average molecular weight is 530 g/mol. The monoisotopic (exact) mass is 530 g/mol. The Kier molecular flexibility index (Phi) is 12.9. The van der Waals surface area contributed by atoms with Crippen LogP contribution in [0, 0.1) is 7.11 Å². The van der Waals surface area contributed by atoms with E-state index in [9.17, 15) is 0 Å². The first-order chi connectivity index (χ1) is 7.74. The van der Waals surface area contributed by atoms with Gasteiger partial charge in [-0.2, -0.15) is 0 Å². The van der Waals surface area contributed by atoms with E-state index in [-0.39, 0.29) is 0 Å². The topological polar surface area (TPSA) is 36.9 Å². The van der Waals surface area contributed by atoms with Crippen LogP contribution in [0.15, 0.2) is 0 Å². The van der Waals surface area contributed by atoms with E-state index in [4.69, 9.17) is 18.0 Å². The van der Waals surface area contributed by atoms with Crippen molar-refractivity contribution < 1.29 is 18.0 Å². The van der Waals surface area contributed by atoms with E-state index in [1.54, 1.807) is 21.3 Å². The van der Waals surface area contributed by atoms with Gasteiger partial charge >= 0.3 is 8.80 Å². The van der Waals surface area contributed by atoms with Gasteiger partial charge in [0.2, 0.25) is 0 Å². The fraction of sp³-hybridized carbons (Fsp3) is 0.900. The molecule has 17 heavy (non-hydrogen) atoms. The largest absolute Gasteiger partial charge is 0.555 e. The average Bonchev–Trinajstić information content (AvgIpc) is 2.34. The maximum absolute atomic E-state index is 5.35. The molecule has 0 heterocycles. The summed E-state index contributed by atoms with van der Waals surface area (Å²) < 4.78 is 20.8. The Bertz CT molecular complexity index is 151. The van der Waals surface area contributed by atoms with Gasteiger partial charge in [-0.3, -0.25) is 0 Å². The molecule has 0 aliphatic rings. The standard InChI is InChI=1S/C10H23O4Si2.Rf/c1-11-7-5-8-15-9-6-10-16(12-2,13-3)14-4;/h1,5-10H2,2-4H3;/q-1;. The van der Waals surface area contributed by atoms with Crippen LogP contribution in [0.4, 0.5) is 0 Å². The molecule has 2 radical (unpaired) electrons. The molecule has 0 amide bonds. The van der Waals surface area contributed by atoms with Gasteiger partial charge < -0.3 is 18.0 Å². The summed E-state index contributed by atoms with van der Waals surface area (Å²) in [4.78, 5) is 0. The van der Waals surface area contributed by atoms with Crippen LogP contribution in [-0.4, -0.2) is 46.3 Å². The van der Waals surface area contributed by atoms with Crippen LogP contribution in [0.3, 0.4) is 0 Å². The molecule has 0 atom stereocenters. The molecule has 0 aliphatic carbocycles. The van der Waals surface area contributed by atoms with Gasteiger partial charge in [0, 0.05) is 43.5 Å². The third kappa shape index (κ3) is 8.06. The van der Waals surface area contributed by atoms with Crippen molar-refractivity contribution >= 4 is 18.3 Å². The fourth-order valence-corrected chi connectivity index (χ4v) is 4.56. The molecular weight excluding hydrogens is 507 g/mol. The summed E-state index contributed by atoms with van der Waals surface area (Å²) in [5.41, 5.74) is 0. The molecule has 0 bridgehead atoms.